The average molecular weight is 453 g/mol. The van der Waals surface area contributed by atoms with Crippen molar-refractivity contribution < 1.29 is 23.4 Å². The lowest BCUT2D eigenvalue weighted by molar-refractivity contribution is 0.0827. The van der Waals surface area contributed by atoms with Crippen LogP contribution in [0.15, 0.2) is 30.3 Å². The topological polar surface area (TPSA) is 116 Å². The molecule has 0 saturated heterocycles. The maximum atomic E-state index is 14.3. The number of benzene rings is 2. The molecule has 1 atom stereocenters. The maximum Gasteiger partial charge on any atom is 0.174 e. The summed E-state index contributed by atoms with van der Waals surface area (Å²) in [7, 11) is 1.70. The monoisotopic (exact) mass is 453 g/mol. The van der Waals surface area contributed by atoms with Crippen LogP contribution in [0.25, 0.3) is 33.2 Å². The number of aromatic nitrogens is 3. The fourth-order valence-electron chi connectivity index (χ4n) is 3.61. The molecule has 0 unspecified atom stereocenters. The van der Waals surface area contributed by atoms with Gasteiger partial charge in [0, 0.05) is 18.0 Å². The quantitative estimate of drug-likeness (QED) is 0.371. The van der Waals surface area contributed by atoms with E-state index in [-0.39, 0.29) is 24.7 Å². The first kappa shape index (κ1) is 22.2. The Balaban J connectivity index is 1.89. The molecule has 0 radical (unpaired) electrons. The van der Waals surface area contributed by atoms with Crippen LogP contribution in [0.5, 0.6) is 11.5 Å². The van der Waals surface area contributed by atoms with E-state index in [1.807, 2.05) is 6.07 Å². The molecule has 3 N–H and O–H groups in total. The summed E-state index contributed by atoms with van der Waals surface area (Å²) in [6.07, 6.45) is -1.28. The molecule has 10 heteroatoms. The Morgan fingerprint density at radius 2 is 2.03 bits per heavy atom. The molecule has 0 aliphatic heterocycles. The van der Waals surface area contributed by atoms with Gasteiger partial charge in [-0.2, -0.15) is 5.26 Å². The van der Waals surface area contributed by atoms with E-state index in [0.717, 1.165) is 0 Å². The number of hydrogen-bond acceptors (Lipinski definition) is 7. The first-order valence-corrected chi connectivity index (χ1v) is 10.1. The molecule has 0 aliphatic carbocycles. The van der Waals surface area contributed by atoms with Crippen molar-refractivity contribution in [3.05, 3.63) is 42.0 Å². The molecule has 0 fully saturated rings. The van der Waals surface area contributed by atoms with Gasteiger partial charge in [0.1, 0.15) is 42.7 Å². The first-order valence-electron chi connectivity index (χ1n) is 10.1. The minimum absolute atomic E-state index is 0.228. The van der Waals surface area contributed by atoms with Gasteiger partial charge in [0.25, 0.3) is 0 Å². The molecule has 170 valence electrons. The van der Waals surface area contributed by atoms with Crippen molar-refractivity contribution in [2.75, 3.05) is 32.3 Å². The number of anilines is 1. The molecule has 0 amide bonds. The van der Waals surface area contributed by atoms with Crippen LogP contribution in [0.4, 0.5) is 14.5 Å². The van der Waals surface area contributed by atoms with Crippen molar-refractivity contribution in [2.24, 2.45) is 0 Å². The van der Waals surface area contributed by atoms with Crippen molar-refractivity contribution >= 4 is 27.6 Å². The Kier molecular flexibility index (Phi) is 6.24. The number of aromatic amines is 1. The van der Waals surface area contributed by atoms with Crippen LogP contribution in [0.1, 0.15) is 5.82 Å². The fourth-order valence-corrected chi connectivity index (χ4v) is 3.61. The number of H-pyrrole nitrogens is 1. The van der Waals surface area contributed by atoms with Crippen LogP contribution >= 0.6 is 0 Å². The lowest BCUT2D eigenvalue weighted by Crippen LogP contribution is -2.19. The predicted molar refractivity (Wildman–Crippen MR) is 120 cm³/mol. The van der Waals surface area contributed by atoms with Gasteiger partial charge in [0.05, 0.1) is 22.3 Å². The van der Waals surface area contributed by atoms with Gasteiger partial charge in [0.15, 0.2) is 18.1 Å². The number of aliphatic hydroxyl groups is 1. The normalized spacial score (nSPS) is 12.0. The zero-order valence-electron chi connectivity index (χ0n) is 17.9. The lowest BCUT2D eigenvalue weighted by Gasteiger charge is -2.14. The molecule has 0 aliphatic rings. The van der Waals surface area contributed by atoms with E-state index in [0.29, 0.717) is 44.7 Å². The summed E-state index contributed by atoms with van der Waals surface area (Å²) in [4.78, 5) is 12.3. The summed E-state index contributed by atoms with van der Waals surface area (Å²) >= 11 is 0. The minimum atomic E-state index is -1.28. The lowest BCUT2D eigenvalue weighted by atomic mass is 10.0. The minimum Gasteiger partial charge on any atom is -0.487 e. The summed E-state index contributed by atoms with van der Waals surface area (Å²) in [5.74, 6) is 0.561. The van der Waals surface area contributed by atoms with Gasteiger partial charge in [-0.15, -0.1) is 0 Å². The number of aryl methyl sites for hydroxylation is 1. The standard InChI is InChI=1S/C23H21F2N5O3/c1-12-28-21(20-16-8-14(25)9-17(27-2)22(16)30-23(20)29-12)13-3-4-18(33-11-15(31)10-24)19(7-13)32-6-5-26/h3-4,7-9,15,27,31H,6,10-11H2,1-2H3,(H,28,29,30)/t15-/m0/s1. The Hall–Kier alpha value is -3.97. The second-order valence-electron chi connectivity index (χ2n) is 7.32. The third-order valence-corrected chi connectivity index (χ3v) is 5.02. The number of fused-ring (bicyclic) bond motifs is 3. The number of aliphatic hydroxyl groups excluding tert-OH is 1. The Labute approximate surface area is 187 Å². The van der Waals surface area contributed by atoms with Crippen LogP contribution in [0.3, 0.4) is 0 Å². The van der Waals surface area contributed by atoms with E-state index >= 15 is 0 Å². The van der Waals surface area contributed by atoms with Crippen LogP contribution < -0.4 is 14.8 Å². The summed E-state index contributed by atoms with van der Waals surface area (Å²) < 4.78 is 37.9. The van der Waals surface area contributed by atoms with Gasteiger partial charge in [-0.1, -0.05) is 0 Å². The van der Waals surface area contributed by atoms with Crippen LogP contribution in [-0.4, -0.2) is 53.1 Å². The number of hydrogen-bond donors (Lipinski definition) is 3. The van der Waals surface area contributed by atoms with Gasteiger partial charge >= 0.3 is 0 Å². The molecular formula is C23H21F2N5O3. The molecule has 4 rings (SSSR count). The summed E-state index contributed by atoms with van der Waals surface area (Å²) in [6.45, 7) is 0.283. The van der Waals surface area contributed by atoms with Gasteiger partial charge in [-0.3, -0.25) is 0 Å². The third kappa shape index (κ3) is 4.36. The fraction of sp³-hybridized carbons (Fsp3) is 0.261. The number of nitrogens with one attached hydrogen (secondary N) is 2. The molecule has 2 heterocycles. The van der Waals surface area contributed by atoms with Gasteiger partial charge in [0.2, 0.25) is 0 Å². The van der Waals surface area contributed by atoms with E-state index in [9.17, 15) is 13.9 Å². The number of rotatable bonds is 8. The maximum absolute atomic E-state index is 14.3. The average Bonchev–Trinajstić information content (AvgIpc) is 3.18. The number of ether oxygens (including phenoxy) is 2. The molecule has 0 saturated carbocycles. The van der Waals surface area contributed by atoms with E-state index in [1.165, 1.54) is 12.1 Å². The third-order valence-electron chi connectivity index (χ3n) is 5.02. The number of nitrogens with zero attached hydrogens (tertiary/aromatic N) is 3. The molecule has 2 aromatic heterocycles. The molecule has 33 heavy (non-hydrogen) atoms. The highest BCUT2D eigenvalue weighted by Crippen LogP contribution is 2.39. The van der Waals surface area contributed by atoms with Crippen molar-refractivity contribution in [1.82, 2.24) is 15.0 Å². The van der Waals surface area contributed by atoms with Crippen molar-refractivity contribution in [2.45, 2.75) is 13.0 Å². The van der Waals surface area contributed by atoms with E-state index in [1.54, 1.807) is 32.2 Å². The zero-order chi connectivity index (χ0) is 23.5. The number of halogens is 2. The van der Waals surface area contributed by atoms with Crippen molar-refractivity contribution in [3.63, 3.8) is 0 Å². The SMILES string of the molecule is CNc1cc(F)cc2c1[nH]c1nc(C)nc(-c3ccc(OC[C@@H](O)CF)c(OCC#N)c3)c12. The molecule has 0 bridgehead atoms. The van der Waals surface area contributed by atoms with Crippen LogP contribution in [0.2, 0.25) is 0 Å². The van der Waals surface area contributed by atoms with Crippen LogP contribution in [-0.2, 0) is 0 Å². The molecule has 2 aromatic carbocycles. The predicted octanol–water partition coefficient (Wildman–Crippen LogP) is 3.88. The smallest absolute Gasteiger partial charge is 0.174 e. The van der Waals surface area contributed by atoms with Crippen molar-refractivity contribution in [1.29, 1.82) is 5.26 Å². The summed E-state index contributed by atoms with van der Waals surface area (Å²) in [6, 6.07) is 9.64. The number of nitriles is 1. The Bertz CT molecular complexity index is 1370. The Morgan fingerprint density at radius 1 is 1.21 bits per heavy atom. The highest BCUT2D eigenvalue weighted by atomic mass is 19.1. The summed E-state index contributed by atoms with van der Waals surface area (Å²) in [5.41, 5.74) is 2.97. The first-order chi connectivity index (χ1) is 15.9. The molecule has 4 aromatic rings. The second kappa shape index (κ2) is 9.26. The van der Waals surface area contributed by atoms with E-state index in [2.05, 4.69) is 20.3 Å². The van der Waals surface area contributed by atoms with E-state index in [4.69, 9.17) is 14.7 Å². The highest BCUT2D eigenvalue weighted by Gasteiger charge is 2.19. The Morgan fingerprint density at radius 3 is 2.76 bits per heavy atom. The van der Waals surface area contributed by atoms with Gasteiger partial charge in [-0.05, 0) is 37.3 Å². The summed E-state index contributed by atoms with van der Waals surface area (Å²) in [5, 5.41) is 22.6. The molecule has 8 nitrogen and oxygen atoms in total. The van der Waals surface area contributed by atoms with Crippen molar-refractivity contribution in [3.8, 4) is 28.8 Å². The van der Waals surface area contributed by atoms with Gasteiger partial charge in [-0.25, -0.2) is 18.7 Å². The highest BCUT2D eigenvalue weighted by molar-refractivity contribution is 6.15. The zero-order valence-corrected chi connectivity index (χ0v) is 17.9. The van der Waals surface area contributed by atoms with Gasteiger partial charge < -0.3 is 24.9 Å². The largest absolute Gasteiger partial charge is 0.487 e. The molecule has 0 spiro atoms. The van der Waals surface area contributed by atoms with E-state index < -0.39 is 18.6 Å². The molecular weight excluding hydrogens is 432 g/mol. The second-order valence-corrected chi connectivity index (χ2v) is 7.32. The number of alkyl halides is 1. The van der Waals surface area contributed by atoms with Crippen LogP contribution in [0, 0.1) is 24.1 Å².